The molecule has 0 saturated heterocycles. The Morgan fingerprint density at radius 2 is 2.05 bits per heavy atom. The van der Waals surface area contributed by atoms with Crippen LogP contribution in [0.15, 0.2) is 21.1 Å². The molecule has 0 bridgehead atoms. The van der Waals surface area contributed by atoms with E-state index in [-0.39, 0.29) is 6.61 Å². The van der Waals surface area contributed by atoms with Gasteiger partial charge in [-0.15, -0.1) is 0 Å². The molecule has 4 nitrogen and oxygen atoms in total. The maximum absolute atomic E-state index is 9.40. The second-order valence-electron chi connectivity index (χ2n) is 4.46. The maximum Gasteiger partial charge on any atom is 0.140 e. The number of aliphatic hydroxyl groups excluding tert-OH is 1. The Hall–Kier alpha value is -1.33. The molecule has 0 saturated carbocycles. The summed E-state index contributed by atoms with van der Waals surface area (Å²) in [5, 5.41) is 13.3. The number of ether oxygens (including phenoxy) is 1. The van der Waals surface area contributed by atoms with Crippen LogP contribution in [0.5, 0.6) is 5.75 Å². The molecule has 1 heterocycles. The van der Waals surface area contributed by atoms with Gasteiger partial charge in [0.1, 0.15) is 18.1 Å². The maximum atomic E-state index is 9.40. The molecule has 2 aromatic rings. The minimum absolute atomic E-state index is 0.0583. The lowest BCUT2D eigenvalue weighted by molar-refractivity contribution is 0.257. The Balaban J connectivity index is 2.25. The fraction of sp³-hybridized carbons (Fsp3) is 0.357. The van der Waals surface area contributed by atoms with Crippen LogP contribution in [0.25, 0.3) is 0 Å². The van der Waals surface area contributed by atoms with Gasteiger partial charge in [0, 0.05) is 10.0 Å². The average molecular weight is 326 g/mol. The second-order valence-corrected chi connectivity index (χ2v) is 5.38. The van der Waals surface area contributed by atoms with Crippen molar-refractivity contribution < 1.29 is 14.4 Å². The molecule has 0 radical (unpaired) electrons. The average Bonchev–Trinajstić information content (AvgIpc) is 2.67. The van der Waals surface area contributed by atoms with E-state index in [1.165, 1.54) is 0 Å². The quantitative estimate of drug-likeness (QED) is 0.935. The van der Waals surface area contributed by atoms with Gasteiger partial charge >= 0.3 is 0 Å². The molecular formula is C14H16BrNO3. The van der Waals surface area contributed by atoms with Crippen molar-refractivity contribution in [1.29, 1.82) is 0 Å². The van der Waals surface area contributed by atoms with Crippen LogP contribution in [-0.2, 0) is 13.2 Å². The number of benzene rings is 1. The van der Waals surface area contributed by atoms with Crippen molar-refractivity contribution in [2.45, 2.75) is 34.0 Å². The highest BCUT2D eigenvalue weighted by Crippen LogP contribution is 2.29. The molecule has 2 rings (SSSR count). The van der Waals surface area contributed by atoms with Gasteiger partial charge < -0.3 is 14.4 Å². The first kappa shape index (κ1) is 14.1. The van der Waals surface area contributed by atoms with Gasteiger partial charge in [0.2, 0.25) is 0 Å². The molecule has 0 aliphatic carbocycles. The van der Waals surface area contributed by atoms with Crippen LogP contribution in [0.2, 0.25) is 0 Å². The van der Waals surface area contributed by atoms with E-state index in [4.69, 9.17) is 9.26 Å². The Kier molecular flexibility index (Phi) is 4.27. The molecule has 0 aliphatic rings. The summed E-state index contributed by atoms with van der Waals surface area (Å²) in [5.41, 5.74) is 3.52. The first-order chi connectivity index (χ1) is 9.02. The summed E-state index contributed by atoms with van der Waals surface area (Å²) in [6.45, 7) is 6.02. The Morgan fingerprint density at radius 1 is 1.32 bits per heavy atom. The predicted molar refractivity (Wildman–Crippen MR) is 75.1 cm³/mol. The molecule has 0 amide bonds. The van der Waals surface area contributed by atoms with Crippen LogP contribution in [0.4, 0.5) is 0 Å². The number of aryl methyl sites for hydroxylation is 3. The smallest absolute Gasteiger partial charge is 0.140 e. The fourth-order valence-corrected chi connectivity index (χ4v) is 2.60. The summed E-state index contributed by atoms with van der Waals surface area (Å²) in [7, 11) is 0. The van der Waals surface area contributed by atoms with E-state index >= 15 is 0 Å². The minimum atomic E-state index is -0.0583. The lowest BCUT2D eigenvalue weighted by Gasteiger charge is -2.13. The van der Waals surface area contributed by atoms with E-state index < -0.39 is 0 Å². The Labute approximate surface area is 120 Å². The van der Waals surface area contributed by atoms with Gasteiger partial charge in [-0.25, -0.2) is 0 Å². The van der Waals surface area contributed by atoms with Crippen LogP contribution >= 0.6 is 15.9 Å². The number of aromatic nitrogens is 1. The lowest BCUT2D eigenvalue weighted by atomic mass is 10.1. The van der Waals surface area contributed by atoms with E-state index in [1.807, 2.05) is 32.9 Å². The lowest BCUT2D eigenvalue weighted by Crippen LogP contribution is -2.02. The summed E-state index contributed by atoms with van der Waals surface area (Å²) in [6, 6.07) is 3.82. The zero-order valence-electron chi connectivity index (χ0n) is 11.2. The molecular weight excluding hydrogens is 310 g/mol. The van der Waals surface area contributed by atoms with Gasteiger partial charge in [-0.05, 0) is 38.5 Å². The molecule has 0 spiro atoms. The van der Waals surface area contributed by atoms with Gasteiger partial charge in [-0.2, -0.15) is 0 Å². The second kappa shape index (κ2) is 5.75. The molecule has 0 atom stereocenters. The van der Waals surface area contributed by atoms with E-state index in [0.717, 1.165) is 32.6 Å². The third-order valence-electron chi connectivity index (χ3n) is 3.03. The number of hydrogen-bond donors (Lipinski definition) is 1. The Morgan fingerprint density at radius 3 is 2.63 bits per heavy atom. The number of aliphatic hydroxyl groups is 1. The SMILES string of the molecule is Cc1cc(Br)cc(CO)c1OCc1c(C)noc1C. The van der Waals surface area contributed by atoms with Crippen molar-refractivity contribution >= 4 is 15.9 Å². The number of hydrogen-bond acceptors (Lipinski definition) is 4. The first-order valence-electron chi connectivity index (χ1n) is 5.97. The number of halogens is 1. The fourth-order valence-electron chi connectivity index (χ4n) is 1.98. The minimum Gasteiger partial charge on any atom is -0.488 e. The van der Waals surface area contributed by atoms with E-state index in [1.54, 1.807) is 0 Å². The zero-order chi connectivity index (χ0) is 14.0. The highest BCUT2D eigenvalue weighted by molar-refractivity contribution is 9.10. The van der Waals surface area contributed by atoms with Crippen LogP contribution < -0.4 is 4.74 Å². The summed E-state index contributed by atoms with van der Waals surface area (Å²) in [5.74, 6) is 1.48. The molecule has 1 aromatic heterocycles. The molecule has 0 aliphatic heterocycles. The highest BCUT2D eigenvalue weighted by atomic mass is 79.9. The van der Waals surface area contributed by atoms with Gasteiger partial charge in [0.05, 0.1) is 17.9 Å². The molecule has 5 heteroatoms. The zero-order valence-corrected chi connectivity index (χ0v) is 12.7. The molecule has 102 valence electrons. The molecule has 1 aromatic carbocycles. The van der Waals surface area contributed by atoms with Crippen molar-refractivity contribution in [3.8, 4) is 5.75 Å². The van der Waals surface area contributed by atoms with Gasteiger partial charge in [-0.1, -0.05) is 21.1 Å². The number of nitrogens with zero attached hydrogens (tertiary/aromatic N) is 1. The molecule has 0 unspecified atom stereocenters. The third-order valence-corrected chi connectivity index (χ3v) is 3.49. The van der Waals surface area contributed by atoms with Gasteiger partial charge in [0.15, 0.2) is 0 Å². The number of rotatable bonds is 4. The van der Waals surface area contributed by atoms with Gasteiger partial charge in [0.25, 0.3) is 0 Å². The van der Waals surface area contributed by atoms with Crippen molar-refractivity contribution in [2.24, 2.45) is 0 Å². The summed E-state index contributed by atoms with van der Waals surface area (Å²) < 4.78 is 11.9. The van der Waals surface area contributed by atoms with E-state index in [9.17, 15) is 5.11 Å². The van der Waals surface area contributed by atoms with Crippen molar-refractivity contribution in [3.63, 3.8) is 0 Å². The first-order valence-corrected chi connectivity index (χ1v) is 6.76. The molecule has 0 fully saturated rings. The normalized spacial score (nSPS) is 10.8. The van der Waals surface area contributed by atoms with Crippen LogP contribution in [0.3, 0.4) is 0 Å². The van der Waals surface area contributed by atoms with Crippen molar-refractivity contribution in [1.82, 2.24) is 5.16 Å². The standard InChI is InChI=1S/C14H16BrNO3/c1-8-4-12(15)5-11(6-17)14(8)18-7-13-9(2)16-19-10(13)3/h4-5,17H,6-7H2,1-3H3. The van der Waals surface area contributed by atoms with E-state index in [0.29, 0.717) is 12.4 Å². The largest absolute Gasteiger partial charge is 0.488 e. The molecule has 19 heavy (non-hydrogen) atoms. The van der Waals surface area contributed by atoms with Crippen LogP contribution in [0, 0.1) is 20.8 Å². The van der Waals surface area contributed by atoms with Crippen LogP contribution in [-0.4, -0.2) is 10.3 Å². The highest BCUT2D eigenvalue weighted by Gasteiger charge is 2.13. The predicted octanol–water partition coefficient (Wildman–Crippen LogP) is 3.43. The topological polar surface area (TPSA) is 55.5 Å². The Bertz CT molecular complexity index is 573. The summed E-state index contributed by atoms with van der Waals surface area (Å²) in [6.07, 6.45) is 0. The summed E-state index contributed by atoms with van der Waals surface area (Å²) in [4.78, 5) is 0. The monoisotopic (exact) mass is 325 g/mol. The van der Waals surface area contributed by atoms with Crippen molar-refractivity contribution in [2.75, 3.05) is 0 Å². The van der Waals surface area contributed by atoms with E-state index in [2.05, 4.69) is 21.1 Å². The van der Waals surface area contributed by atoms with Crippen molar-refractivity contribution in [3.05, 3.63) is 44.7 Å². The molecule has 1 N–H and O–H groups in total. The third kappa shape index (κ3) is 2.98. The summed E-state index contributed by atoms with van der Waals surface area (Å²) >= 11 is 3.41. The van der Waals surface area contributed by atoms with Crippen LogP contribution in [0.1, 0.15) is 28.1 Å². The van der Waals surface area contributed by atoms with Gasteiger partial charge in [-0.3, -0.25) is 0 Å².